The summed E-state index contributed by atoms with van der Waals surface area (Å²) in [4.78, 5) is 14.2. The number of likely N-dealkylation sites (tertiary alicyclic amines) is 1. The number of hydrogen-bond acceptors (Lipinski definition) is 4. The van der Waals surface area contributed by atoms with Gasteiger partial charge in [-0.25, -0.2) is 0 Å². The van der Waals surface area contributed by atoms with E-state index in [0.717, 1.165) is 25.7 Å². The van der Waals surface area contributed by atoms with Crippen LogP contribution in [0.25, 0.3) is 0 Å². The summed E-state index contributed by atoms with van der Waals surface area (Å²) in [5.41, 5.74) is 6.18. The molecule has 0 aromatic carbocycles. The van der Waals surface area contributed by atoms with Gasteiger partial charge in [-0.3, -0.25) is 4.79 Å². The van der Waals surface area contributed by atoms with Crippen LogP contribution in [0.1, 0.15) is 32.1 Å². The number of fused-ring (bicyclic) bond motifs is 2. The zero-order valence-electron chi connectivity index (χ0n) is 10.5. The van der Waals surface area contributed by atoms with E-state index in [0.29, 0.717) is 24.8 Å². The molecule has 6 heteroatoms. The predicted molar refractivity (Wildman–Crippen MR) is 67.2 cm³/mol. The van der Waals surface area contributed by atoms with Gasteiger partial charge in [0.15, 0.2) is 0 Å². The van der Waals surface area contributed by atoms with Crippen molar-refractivity contribution in [3.8, 4) is 0 Å². The van der Waals surface area contributed by atoms with Crippen molar-refractivity contribution in [1.29, 1.82) is 0 Å². The Morgan fingerprint density at radius 3 is 2.56 bits per heavy atom. The lowest BCUT2D eigenvalue weighted by atomic mass is 9.76. The molecule has 3 fully saturated rings. The van der Waals surface area contributed by atoms with E-state index in [2.05, 4.69) is 0 Å². The summed E-state index contributed by atoms with van der Waals surface area (Å²) in [5, 5.41) is 18.7. The molecular weight excluding hydrogens is 231 g/mol. The number of rotatable bonds is 2. The highest BCUT2D eigenvalue weighted by molar-refractivity contribution is 6.43. The van der Waals surface area contributed by atoms with Gasteiger partial charge < -0.3 is 20.7 Å². The second-order valence-electron chi connectivity index (χ2n) is 6.09. The van der Waals surface area contributed by atoms with Crippen molar-refractivity contribution in [2.24, 2.45) is 23.5 Å². The van der Waals surface area contributed by atoms with E-state index in [1.807, 2.05) is 0 Å². The Balaban J connectivity index is 1.74. The van der Waals surface area contributed by atoms with Gasteiger partial charge in [-0.15, -0.1) is 0 Å². The third kappa shape index (κ3) is 1.78. The summed E-state index contributed by atoms with van der Waals surface area (Å²) < 4.78 is 0. The number of amides is 1. The van der Waals surface area contributed by atoms with Crippen LogP contribution in [0.15, 0.2) is 0 Å². The Hall–Kier alpha value is -0.585. The van der Waals surface area contributed by atoms with E-state index in [4.69, 9.17) is 5.73 Å². The highest BCUT2D eigenvalue weighted by Gasteiger charge is 2.51. The molecule has 2 saturated carbocycles. The molecule has 0 unspecified atom stereocenters. The van der Waals surface area contributed by atoms with Crippen molar-refractivity contribution in [1.82, 2.24) is 4.90 Å². The molecule has 1 amide bonds. The fourth-order valence-electron chi connectivity index (χ4n) is 4.27. The normalized spacial score (nSPS) is 42.6. The molecule has 4 N–H and O–H groups in total. The van der Waals surface area contributed by atoms with Crippen LogP contribution in [0.2, 0.25) is 0 Å². The van der Waals surface area contributed by atoms with Crippen LogP contribution < -0.4 is 5.73 Å². The van der Waals surface area contributed by atoms with E-state index in [1.165, 1.54) is 0 Å². The summed E-state index contributed by atoms with van der Waals surface area (Å²) in [5.74, 6) is 0.482. The lowest BCUT2D eigenvalue weighted by molar-refractivity contribution is -0.137. The first kappa shape index (κ1) is 12.4. The van der Waals surface area contributed by atoms with Crippen molar-refractivity contribution in [3.05, 3.63) is 0 Å². The zero-order valence-corrected chi connectivity index (χ0v) is 10.5. The minimum absolute atomic E-state index is 0.0201. The van der Waals surface area contributed by atoms with Gasteiger partial charge in [-0.2, -0.15) is 0 Å². The molecule has 0 aromatic rings. The van der Waals surface area contributed by atoms with Crippen molar-refractivity contribution in [2.75, 3.05) is 6.54 Å². The van der Waals surface area contributed by atoms with Gasteiger partial charge >= 0.3 is 7.12 Å². The molecule has 0 radical (unpaired) electrons. The SMILES string of the molecule is N[C@@H]1[C@@H]2CC[C@H](C2)[C@@H]1C(=O)N1CCC[C@H]1B(O)O. The average molecular weight is 252 g/mol. The molecule has 5 atom stereocenters. The first-order chi connectivity index (χ1) is 8.59. The summed E-state index contributed by atoms with van der Waals surface area (Å²) >= 11 is 0. The topological polar surface area (TPSA) is 86.8 Å². The van der Waals surface area contributed by atoms with Crippen molar-refractivity contribution >= 4 is 13.0 Å². The molecular formula is C12H21BN2O3. The highest BCUT2D eigenvalue weighted by Crippen LogP contribution is 2.48. The van der Waals surface area contributed by atoms with Gasteiger partial charge in [0, 0.05) is 12.6 Å². The smallest absolute Gasteiger partial charge is 0.426 e. The van der Waals surface area contributed by atoms with E-state index in [-0.39, 0.29) is 17.9 Å². The molecule has 18 heavy (non-hydrogen) atoms. The van der Waals surface area contributed by atoms with Crippen molar-refractivity contribution in [3.63, 3.8) is 0 Å². The minimum Gasteiger partial charge on any atom is -0.426 e. The fourth-order valence-corrected chi connectivity index (χ4v) is 4.27. The van der Waals surface area contributed by atoms with Gasteiger partial charge in [0.2, 0.25) is 5.91 Å². The van der Waals surface area contributed by atoms with E-state index in [1.54, 1.807) is 4.90 Å². The first-order valence-corrected chi connectivity index (χ1v) is 7.02. The number of nitrogens with zero attached hydrogens (tertiary/aromatic N) is 1. The minimum atomic E-state index is -1.42. The lowest BCUT2D eigenvalue weighted by Gasteiger charge is -2.33. The van der Waals surface area contributed by atoms with Crippen LogP contribution in [0.3, 0.4) is 0 Å². The second-order valence-corrected chi connectivity index (χ2v) is 6.09. The summed E-state index contributed by atoms with van der Waals surface area (Å²) in [6.45, 7) is 0.641. The molecule has 1 aliphatic heterocycles. The monoisotopic (exact) mass is 252 g/mol. The molecule has 2 bridgehead atoms. The van der Waals surface area contributed by atoms with E-state index >= 15 is 0 Å². The molecule has 100 valence electrons. The van der Waals surface area contributed by atoms with Gasteiger partial charge in [-0.1, -0.05) is 0 Å². The quantitative estimate of drug-likeness (QED) is 0.571. The summed E-state index contributed by atoms with van der Waals surface area (Å²) in [6, 6.07) is -0.0201. The predicted octanol–water partition coefficient (Wildman–Crippen LogP) is -0.637. The van der Waals surface area contributed by atoms with Crippen LogP contribution in [0, 0.1) is 17.8 Å². The van der Waals surface area contributed by atoms with E-state index < -0.39 is 13.1 Å². The van der Waals surface area contributed by atoms with E-state index in [9.17, 15) is 14.8 Å². The summed E-state index contributed by atoms with van der Waals surface area (Å²) in [7, 11) is -1.42. The molecule has 5 nitrogen and oxygen atoms in total. The van der Waals surface area contributed by atoms with Gasteiger partial charge in [0.1, 0.15) is 0 Å². The van der Waals surface area contributed by atoms with Crippen molar-refractivity contribution in [2.45, 2.75) is 44.1 Å². The van der Waals surface area contributed by atoms with Crippen LogP contribution in [0.4, 0.5) is 0 Å². The van der Waals surface area contributed by atoms with Crippen LogP contribution in [-0.4, -0.2) is 46.5 Å². The number of carbonyl (C=O) groups is 1. The van der Waals surface area contributed by atoms with Gasteiger partial charge in [-0.05, 0) is 43.9 Å². The lowest BCUT2D eigenvalue weighted by Crippen LogP contribution is -2.52. The number of nitrogens with two attached hydrogens (primary N) is 1. The Bertz CT molecular complexity index is 350. The number of hydrogen-bond donors (Lipinski definition) is 3. The maximum absolute atomic E-state index is 12.6. The van der Waals surface area contributed by atoms with Crippen LogP contribution >= 0.6 is 0 Å². The fraction of sp³-hybridized carbons (Fsp3) is 0.917. The highest BCUT2D eigenvalue weighted by atomic mass is 16.4. The Kier molecular flexibility index (Phi) is 3.12. The third-order valence-corrected chi connectivity index (χ3v) is 5.19. The molecule has 0 aromatic heterocycles. The van der Waals surface area contributed by atoms with Crippen molar-refractivity contribution < 1.29 is 14.8 Å². The molecule has 3 aliphatic rings. The first-order valence-electron chi connectivity index (χ1n) is 7.02. The van der Waals surface area contributed by atoms with Gasteiger partial charge in [0.05, 0.1) is 11.9 Å². The third-order valence-electron chi connectivity index (χ3n) is 5.19. The molecule has 0 spiro atoms. The Morgan fingerprint density at radius 1 is 1.22 bits per heavy atom. The van der Waals surface area contributed by atoms with Crippen LogP contribution in [0.5, 0.6) is 0 Å². The zero-order chi connectivity index (χ0) is 12.9. The number of carbonyl (C=O) groups excluding carboxylic acids is 1. The van der Waals surface area contributed by atoms with Gasteiger partial charge in [0.25, 0.3) is 0 Å². The summed E-state index contributed by atoms with van der Waals surface area (Å²) in [6.07, 6.45) is 4.87. The van der Waals surface area contributed by atoms with Crippen LogP contribution in [-0.2, 0) is 4.79 Å². The molecule has 1 saturated heterocycles. The molecule has 3 rings (SSSR count). The maximum Gasteiger partial charge on any atom is 0.475 e. The average Bonchev–Trinajstić information content (AvgIpc) is 3.03. The largest absolute Gasteiger partial charge is 0.475 e. The Morgan fingerprint density at radius 2 is 1.94 bits per heavy atom. The Labute approximate surface area is 107 Å². The second kappa shape index (κ2) is 4.51. The maximum atomic E-state index is 12.6. The molecule has 1 heterocycles. The standard InChI is InChI=1S/C12H21BN2O3/c14-11-8-4-3-7(6-8)10(11)12(16)15-5-1-2-9(15)13(17)18/h7-11,17-18H,1-6,14H2/t7-,8-,9+,10+,11-/m1/s1. The molecule has 2 aliphatic carbocycles.